The first-order valence-electron chi connectivity index (χ1n) is 10.5. The first-order valence-corrected chi connectivity index (χ1v) is 10.9. The van der Waals surface area contributed by atoms with Crippen LogP contribution in [-0.2, 0) is 4.79 Å². The number of hydrogen-bond acceptors (Lipinski definition) is 6. The van der Waals surface area contributed by atoms with E-state index in [0.717, 1.165) is 5.52 Å². The zero-order valence-corrected chi connectivity index (χ0v) is 18.4. The van der Waals surface area contributed by atoms with Gasteiger partial charge in [-0.1, -0.05) is 41.9 Å². The Morgan fingerprint density at radius 1 is 1.00 bits per heavy atom. The molecule has 8 nitrogen and oxygen atoms in total. The lowest BCUT2D eigenvalue weighted by atomic mass is 10.2. The summed E-state index contributed by atoms with van der Waals surface area (Å²) in [6.45, 7) is 2.07. The Morgan fingerprint density at radius 2 is 1.73 bits per heavy atom. The lowest BCUT2D eigenvalue weighted by Crippen LogP contribution is -2.48. The lowest BCUT2D eigenvalue weighted by Gasteiger charge is -2.35. The molecular weight excluding hydrogens is 442 g/mol. The van der Waals surface area contributed by atoms with Crippen molar-refractivity contribution in [3.05, 3.63) is 88.1 Å². The molecule has 166 valence electrons. The van der Waals surface area contributed by atoms with Crippen molar-refractivity contribution in [3.8, 4) is 5.69 Å². The maximum absolute atomic E-state index is 12.7. The number of fused-ring (bicyclic) bond motifs is 1. The van der Waals surface area contributed by atoms with Gasteiger partial charge in [0.1, 0.15) is 10.5 Å². The zero-order valence-electron chi connectivity index (χ0n) is 17.6. The topological polar surface area (TPSA) is 84.5 Å². The van der Waals surface area contributed by atoms with Gasteiger partial charge in [-0.2, -0.15) is 9.78 Å². The summed E-state index contributed by atoms with van der Waals surface area (Å²) in [5.74, 6) is 0.264. The van der Waals surface area contributed by atoms with E-state index in [1.54, 1.807) is 29.3 Å². The van der Waals surface area contributed by atoms with Crippen LogP contribution in [0, 0.1) is 0 Å². The molecule has 0 radical (unpaired) electrons. The van der Waals surface area contributed by atoms with Crippen molar-refractivity contribution in [1.29, 1.82) is 0 Å². The number of halogens is 1. The number of carbonyl (C=O) groups is 1. The molecule has 4 aromatic rings. The molecule has 1 aliphatic heterocycles. The van der Waals surface area contributed by atoms with Crippen LogP contribution in [0.2, 0.25) is 5.02 Å². The number of benzene rings is 2. The first-order chi connectivity index (χ1) is 16.1. The van der Waals surface area contributed by atoms with Crippen molar-refractivity contribution in [3.63, 3.8) is 0 Å². The molecule has 1 saturated heterocycles. The van der Waals surface area contributed by atoms with Crippen LogP contribution in [0.1, 0.15) is 5.89 Å². The third-order valence-corrected chi connectivity index (χ3v) is 5.87. The summed E-state index contributed by atoms with van der Waals surface area (Å²) in [5, 5.41) is 4.40. The van der Waals surface area contributed by atoms with Gasteiger partial charge in [0.2, 0.25) is 11.8 Å². The summed E-state index contributed by atoms with van der Waals surface area (Å²) in [5.41, 5.74) is 2.27. The second-order valence-corrected chi connectivity index (χ2v) is 7.94. The smallest absolute Gasteiger partial charge is 0.292 e. The minimum Gasteiger partial charge on any atom is -0.437 e. The van der Waals surface area contributed by atoms with E-state index >= 15 is 0 Å². The van der Waals surface area contributed by atoms with Gasteiger partial charge >= 0.3 is 0 Å². The molecule has 33 heavy (non-hydrogen) atoms. The van der Waals surface area contributed by atoms with Gasteiger partial charge in [-0.05, 0) is 24.3 Å². The number of piperazine rings is 1. The molecule has 0 unspecified atom stereocenters. The molecule has 1 fully saturated rings. The van der Waals surface area contributed by atoms with E-state index in [1.807, 2.05) is 47.4 Å². The van der Waals surface area contributed by atoms with Crippen molar-refractivity contribution in [2.75, 3.05) is 31.1 Å². The number of hydrogen-bond donors (Lipinski definition) is 0. The summed E-state index contributed by atoms with van der Waals surface area (Å²) in [7, 11) is 0. The van der Waals surface area contributed by atoms with E-state index < -0.39 is 0 Å². The number of carbonyl (C=O) groups excluding carboxylic acids is 1. The van der Waals surface area contributed by atoms with Crippen molar-refractivity contribution in [2.24, 2.45) is 0 Å². The molecule has 0 aliphatic carbocycles. The quantitative estimate of drug-likeness (QED) is 0.433. The summed E-state index contributed by atoms with van der Waals surface area (Å²) in [6, 6.07) is 16.6. The monoisotopic (exact) mass is 461 g/mol. The van der Waals surface area contributed by atoms with Crippen LogP contribution in [0.15, 0.2) is 76.1 Å². The lowest BCUT2D eigenvalue weighted by molar-refractivity contribution is -0.126. The summed E-state index contributed by atoms with van der Waals surface area (Å²) < 4.78 is 6.90. The minimum absolute atomic E-state index is 0.115. The highest BCUT2D eigenvalue weighted by Gasteiger charge is 2.23. The summed E-state index contributed by atoms with van der Waals surface area (Å²) in [4.78, 5) is 33.4. The molecule has 3 heterocycles. The number of rotatable bonds is 4. The van der Waals surface area contributed by atoms with Crippen LogP contribution in [0.4, 0.5) is 5.69 Å². The molecule has 5 rings (SSSR count). The van der Waals surface area contributed by atoms with Crippen molar-refractivity contribution in [1.82, 2.24) is 19.7 Å². The van der Waals surface area contributed by atoms with Crippen LogP contribution < -0.4 is 10.5 Å². The Hall–Kier alpha value is -3.91. The predicted molar refractivity (Wildman–Crippen MR) is 127 cm³/mol. The number of anilines is 1. The minimum atomic E-state index is -0.375. The van der Waals surface area contributed by atoms with Crippen LogP contribution in [0.25, 0.3) is 22.9 Å². The van der Waals surface area contributed by atoms with E-state index in [1.165, 1.54) is 10.8 Å². The highest BCUT2D eigenvalue weighted by atomic mass is 35.5. The molecule has 2 aromatic carbocycles. The van der Waals surface area contributed by atoms with Crippen LogP contribution in [-0.4, -0.2) is 51.8 Å². The maximum atomic E-state index is 12.7. The second kappa shape index (κ2) is 8.91. The van der Waals surface area contributed by atoms with Crippen molar-refractivity contribution in [2.45, 2.75) is 0 Å². The third-order valence-electron chi connectivity index (χ3n) is 5.51. The molecule has 0 N–H and O–H groups in total. The Labute approximate surface area is 194 Å². The molecule has 0 spiro atoms. The average molecular weight is 462 g/mol. The normalized spacial score (nSPS) is 14.3. The van der Waals surface area contributed by atoms with Gasteiger partial charge in [-0.3, -0.25) is 9.59 Å². The van der Waals surface area contributed by atoms with E-state index in [0.29, 0.717) is 49.0 Å². The second-order valence-electron chi connectivity index (χ2n) is 7.56. The largest absolute Gasteiger partial charge is 0.437 e. The molecule has 1 aliphatic rings. The van der Waals surface area contributed by atoms with Gasteiger partial charge in [0.15, 0.2) is 5.58 Å². The highest BCUT2D eigenvalue weighted by Crippen LogP contribution is 2.23. The van der Waals surface area contributed by atoms with Gasteiger partial charge in [0, 0.05) is 38.3 Å². The van der Waals surface area contributed by atoms with E-state index in [-0.39, 0.29) is 16.5 Å². The standard InChI is InChI=1S/C24H20ClN5O3/c25-23-19(16-26-30(24(23)32)17-6-2-1-3-7-17)28-12-14-29(15-13-28)22(31)11-10-21-27-18-8-4-5-9-20(18)33-21/h1-11,16H,12-15H2. The Kier molecular flexibility index (Phi) is 5.66. The van der Waals surface area contributed by atoms with Crippen LogP contribution in [0.5, 0.6) is 0 Å². The zero-order chi connectivity index (χ0) is 22.8. The highest BCUT2D eigenvalue weighted by molar-refractivity contribution is 6.33. The fraction of sp³-hybridized carbons (Fsp3) is 0.167. The summed E-state index contributed by atoms with van der Waals surface area (Å²) in [6.07, 6.45) is 4.65. The van der Waals surface area contributed by atoms with E-state index in [2.05, 4.69) is 10.1 Å². The molecular formula is C24H20ClN5O3. The van der Waals surface area contributed by atoms with E-state index in [4.69, 9.17) is 16.0 Å². The Balaban J connectivity index is 1.25. The number of amides is 1. The van der Waals surface area contributed by atoms with Crippen molar-refractivity contribution >= 4 is 40.4 Å². The predicted octanol–water partition coefficient (Wildman–Crippen LogP) is 3.39. The van der Waals surface area contributed by atoms with E-state index in [9.17, 15) is 9.59 Å². The average Bonchev–Trinajstić information content (AvgIpc) is 3.28. The molecule has 0 saturated carbocycles. The van der Waals surface area contributed by atoms with Gasteiger partial charge < -0.3 is 14.2 Å². The number of aromatic nitrogens is 3. The van der Waals surface area contributed by atoms with Gasteiger partial charge in [-0.15, -0.1) is 0 Å². The fourth-order valence-corrected chi connectivity index (χ4v) is 4.02. The number of oxazole rings is 1. The fourth-order valence-electron chi connectivity index (χ4n) is 3.77. The van der Waals surface area contributed by atoms with Gasteiger partial charge in [-0.25, -0.2) is 4.98 Å². The van der Waals surface area contributed by atoms with Crippen LogP contribution >= 0.6 is 11.6 Å². The molecule has 0 bridgehead atoms. The summed E-state index contributed by atoms with van der Waals surface area (Å²) >= 11 is 6.41. The van der Waals surface area contributed by atoms with Crippen LogP contribution in [0.3, 0.4) is 0 Å². The molecule has 1 amide bonds. The Bertz CT molecular complexity index is 1360. The molecule has 0 atom stereocenters. The molecule has 9 heteroatoms. The SMILES string of the molecule is O=C(C=Cc1nc2ccccc2o1)N1CCN(c2cnn(-c3ccccc3)c(=O)c2Cl)CC1. The third kappa shape index (κ3) is 4.25. The number of para-hydroxylation sites is 3. The molecule has 2 aromatic heterocycles. The first kappa shape index (κ1) is 21.0. The van der Waals surface area contributed by atoms with Gasteiger partial charge in [0.05, 0.1) is 17.6 Å². The maximum Gasteiger partial charge on any atom is 0.292 e. The Morgan fingerprint density at radius 3 is 2.48 bits per heavy atom. The number of nitrogens with zero attached hydrogens (tertiary/aromatic N) is 5. The van der Waals surface area contributed by atoms with Gasteiger partial charge in [0.25, 0.3) is 5.56 Å². The van der Waals surface area contributed by atoms with Crippen molar-refractivity contribution < 1.29 is 9.21 Å².